The molecular formula is C12H20O3. The van der Waals surface area contributed by atoms with Gasteiger partial charge in [0.1, 0.15) is 0 Å². The molecule has 0 aromatic carbocycles. The fraction of sp³-hybridized carbons (Fsp3) is 0.917. The van der Waals surface area contributed by atoms with Crippen molar-refractivity contribution in [3.05, 3.63) is 0 Å². The number of hydrogen-bond donors (Lipinski definition) is 2. The Morgan fingerprint density at radius 1 is 1.33 bits per heavy atom. The van der Waals surface area contributed by atoms with E-state index in [0.717, 1.165) is 12.8 Å². The summed E-state index contributed by atoms with van der Waals surface area (Å²) >= 11 is 0. The molecule has 2 bridgehead atoms. The quantitative estimate of drug-likeness (QED) is 0.736. The molecule has 3 nitrogen and oxygen atoms in total. The molecule has 2 fully saturated rings. The predicted octanol–water partition coefficient (Wildman–Crippen LogP) is 2.04. The van der Waals surface area contributed by atoms with Crippen LogP contribution in [0.15, 0.2) is 0 Å². The Bertz CT molecular complexity index is 310. The van der Waals surface area contributed by atoms with Crippen molar-refractivity contribution in [3.63, 3.8) is 0 Å². The maximum Gasteiger partial charge on any atom is 0.303 e. The fourth-order valence-corrected chi connectivity index (χ4v) is 3.94. The molecule has 86 valence electrons. The zero-order valence-corrected chi connectivity index (χ0v) is 9.71. The lowest BCUT2D eigenvalue weighted by molar-refractivity contribution is -0.141. The third-order valence-electron chi connectivity index (χ3n) is 5.69. The lowest BCUT2D eigenvalue weighted by Crippen LogP contribution is -2.37. The van der Waals surface area contributed by atoms with Crippen LogP contribution in [0.1, 0.15) is 46.5 Å². The first-order valence-electron chi connectivity index (χ1n) is 5.65. The smallest absolute Gasteiger partial charge is 0.303 e. The van der Waals surface area contributed by atoms with Crippen molar-refractivity contribution >= 4 is 5.97 Å². The molecule has 2 N–H and O–H groups in total. The lowest BCUT2D eigenvalue weighted by Gasteiger charge is -2.40. The largest absolute Gasteiger partial charge is 0.481 e. The summed E-state index contributed by atoms with van der Waals surface area (Å²) in [7, 11) is 0. The number of carboxylic acid groups (broad SMARTS) is 1. The van der Waals surface area contributed by atoms with E-state index in [0.29, 0.717) is 6.42 Å². The standard InChI is InChI=1S/C12H20O3/c1-10(2)11(3)4-5-12(10,6-8(11)13)7-9(14)15/h8,13H,4-7H2,1-3H3,(H,14,15). The molecule has 3 atom stereocenters. The van der Waals surface area contributed by atoms with Gasteiger partial charge in [-0.05, 0) is 35.5 Å². The molecule has 0 amide bonds. The molecule has 2 saturated carbocycles. The van der Waals surface area contributed by atoms with Gasteiger partial charge in [0.05, 0.1) is 12.5 Å². The minimum absolute atomic E-state index is 0.0716. The Balaban J connectivity index is 2.40. The van der Waals surface area contributed by atoms with E-state index < -0.39 is 5.97 Å². The van der Waals surface area contributed by atoms with Crippen LogP contribution in [0, 0.1) is 16.2 Å². The molecule has 2 aliphatic rings. The van der Waals surface area contributed by atoms with Gasteiger partial charge >= 0.3 is 5.97 Å². The molecule has 3 heteroatoms. The Morgan fingerprint density at radius 3 is 2.27 bits per heavy atom. The number of aliphatic carboxylic acids is 1. The first-order valence-corrected chi connectivity index (χ1v) is 5.65. The predicted molar refractivity (Wildman–Crippen MR) is 56.4 cm³/mol. The summed E-state index contributed by atoms with van der Waals surface area (Å²) in [5.41, 5.74) is -0.354. The number of fused-ring (bicyclic) bond motifs is 2. The summed E-state index contributed by atoms with van der Waals surface area (Å²) in [6, 6.07) is 0. The summed E-state index contributed by atoms with van der Waals surface area (Å²) in [5.74, 6) is -0.735. The molecule has 2 aliphatic carbocycles. The van der Waals surface area contributed by atoms with E-state index in [4.69, 9.17) is 5.11 Å². The second-order valence-corrected chi connectivity index (χ2v) is 6.11. The van der Waals surface area contributed by atoms with Crippen molar-refractivity contribution in [2.24, 2.45) is 16.2 Å². The van der Waals surface area contributed by atoms with Crippen LogP contribution in [-0.2, 0) is 4.79 Å². The van der Waals surface area contributed by atoms with Crippen molar-refractivity contribution in [1.82, 2.24) is 0 Å². The highest BCUT2D eigenvalue weighted by molar-refractivity contribution is 5.68. The monoisotopic (exact) mass is 212 g/mol. The van der Waals surface area contributed by atoms with Crippen LogP contribution in [-0.4, -0.2) is 22.3 Å². The van der Waals surface area contributed by atoms with E-state index >= 15 is 0 Å². The molecular weight excluding hydrogens is 192 g/mol. The number of hydrogen-bond acceptors (Lipinski definition) is 2. The van der Waals surface area contributed by atoms with E-state index in [1.54, 1.807) is 0 Å². The number of rotatable bonds is 2. The number of carbonyl (C=O) groups is 1. The highest BCUT2D eigenvalue weighted by atomic mass is 16.4. The number of aliphatic hydroxyl groups is 1. The molecule has 2 rings (SSSR count). The first-order chi connectivity index (χ1) is 6.75. The topological polar surface area (TPSA) is 57.5 Å². The Labute approximate surface area is 90.5 Å². The van der Waals surface area contributed by atoms with Gasteiger partial charge in [0.2, 0.25) is 0 Å². The lowest BCUT2D eigenvalue weighted by atomic mass is 9.64. The average molecular weight is 212 g/mol. The van der Waals surface area contributed by atoms with E-state index in [-0.39, 0.29) is 28.8 Å². The maximum absolute atomic E-state index is 11.0. The Morgan fingerprint density at radius 2 is 1.93 bits per heavy atom. The van der Waals surface area contributed by atoms with Gasteiger partial charge in [-0.3, -0.25) is 4.79 Å². The molecule has 0 saturated heterocycles. The normalized spacial score (nSPS) is 47.1. The van der Waals surface area contributed by atoms with Gasteiger partial charge in [-0.15, -0.1) is 0 Å². The number of aliphatic hydroxyl groups excluding tert-OH is 1. The van der Waals surface area contributed by atoms with Gasteiger partial charge in [0.15, 0.2) is 0 Å². The molecule has 0 aromatic rings. The van der Waals surface area contributed by atoms with Crippen molar-refractivity contribution in [2.45, 2.75) is 52.6 Å². The van der Waals surface area contributed by atoms with E-state index in [9.17, 15) is 9.90 Å². The molecule has 0 radical (unpaired) electrons. The third kappa shape index (κ3) is 1.07. The molecule has 0 spiro atoms. The molecule has 0 aliphatic heterocycles. The van der Waals surface area contributed by atoms with Gasteiger partial charge in [-0.25, -0.2) is 0 Å². The van der Waals surface area contributed by atoms with Crippen molar-refractivity contribution in [3.8, 4) is 0 Å². The Hall–Kier alpha value is -0.570. The van der Waals surface area contributed by atoms with Crippen LogP contribution >= 0.6 is 0 Å². The molecule has 15 heavy (non-hydrogen) atoms. The van der Waals surface area contributed by atoms with Crippen LogP contribution in [0.3, 0.4) is 0 Å². The molecule has 3 unspecified atom stereocenters. The molecule has 0 heterocycles. The number of carboxylic acids is 1. The Kier molecular flexibility index (Phi) is 2.01. The van der Waals surface area contributed by atoms with E-state index in [1.807, 2.05) is 0 Å². The van der Waals surface area contributed by atoms with Gasteiger partial charge in [-0.2, -0.15) is 0 Å². The second kappa shape index (κ2) is 2.76. The summed E-state index contributed by atoms with van der Waals surface area (Å²) in [6.07, 6.45) is 2.42. The molecule has 0 aromatic heterocycles. The van der Waals surface area contributed by atoms with Gasteiger partial charge < -0.3 is 10.2 Å². The van der Waals surface area contributed by atoms with E-state index in [1.165, 1.54) is 0 Å². The van der Waals surface area contributed by atoms with Crippen molar-refractivity contribution < 1.29 is 15.0 Å². The minimum atomic E-state index is -0.735. The first kappa shape index (κ1) is 10.9. The highest BCUT2D eigenvalue weighted by Crippen LogP contribution is 2.73. The van der Waals surface area contributed by atoms with Crippen LogP contribution in [0.25, 0.3) is 0 Å². The van der Waals surface area contributed by atoms with Gasteiger partial charge in [-0.1, -0.05) is 20.8 Å². The summed E-state index contributed by atoms with van der Waals surface area (Å²) in [6.45, 7) is 6.35. The third-order valence-corrected chi connectivity index (χ3v) is 5.69. The SMILES string of the molecule is CC12CCC(CC(=O)O)(CC1O)C2(C)C. The zero-order valence-electron chi connectivity index (χ0n) is 9.71. The van der Waals surface area contributed by atoms with Crippen molar-refractivity contribution in [1.29, 1.82) is 0 Å². The maximum atomic E-state index is 11.0. The van der Waals surface area contributed by atoms with E-state index in [2.05, 4.69) is 20.8 Å². The van der Waals surface area contributed by atoms with Gasteiger partial charge in [0, 0.05) is 0 Å². The zero-order chi connectivity index (χ0) is 11.5. The fourth-order valence-electron chi connectivity index (χ4n) is 3.94. The summed E-state index contributed by atoms with van der Waals surface area (Å²) < 4.78 is 0. The van der Waals surface area contributed by atoms with Crippen LogP contribution in [0.2, 0.25) is 0 Å². The second-order valence-electron chi connectivity index (χ2n) is 6.11. The minimum Gasteiger partial charge on any atom is -0.481 e. The van der Waals surface area contributed by atoms with Crippen molar-refractivity contribution in [2.75, 3.05) is 0 Å². The average Bonchev–Trinajstić information content (AvgIpc) is 2.33. The highest BCUT2D eigenvalue weighted by Gasteiger charge is 2.69. The van der Waals surface area contributed by atoms with Crippen LogP contribution in [0.5, 0.6) is 0 Å². The van der Waals surface area contributed by atoms with Crippen LogP contribution < -0.4 is 0 Å². The summed E-state index contributed by atoms with van der Waals surface area (Å²) in [5, 5.41) is 19.1. The summed E-state index contributed by atoms with van der Waals surface area (Å²) in [4.78, 5) is 11.0. The van der Waals surface area contributed by atoms with Gasteiger partial charge in [0.25, 0.3) is 0 Å². The van der Waals surface area contributed by atoms with Crippen LogP contribution in [0.4, 0.5) is 0 Å².